The third kappa shape index (κ3) is 3.53. The summed E-state index contributed by atoms with van der Waals surface area (Å²) in [6.45, 7) is 4.55. The summed E-state index contributed by atoms with van der Waals surface area (Å²) in [7, 11) is 2.18. The van der Waals surface area contributed by atoms with Crippen LogP contribution in [0, 0.1) is 5.92 Å². The molecule has 2 atom stereocenters. The number of anilines is 1. The lowest BCUT2D eigenvalue weighted by Crippen LogP contribution is -2.47. The second kappa shape index (κ2) is 7.73. The second-order valence-electron chi connectivity index (χ2n) is 5.11. The molecule has 0 spiro atoms. The van der Waals surface area contributed by atoms with Crippen molar-refractivity contribution in [1.82, 2.24) is 10.3 Å². The number of benzene rings is 1. The summed E-state index contributed by atoms with van der Waals surface area (Å²) in [5.41, 5.74) is 1.12. The molecule has 1 fully saturated rings. The highest BCUT2D eigenvalue weighted by molar-refractivity contribution is 8.93. The van der Waals surface area contributed by atoms with E-state index in [1.807, 2.05) is 0 Å². The second-order valence-corrected chi connectivity index (χ2v) is 6.12. The zero-order chi connectivity index (χ0) is 12.5. The molecule has 0 saturated carbocycles. The van der Waals surface area contributed by atoms with Crippen LogP contribution in [0.25, 0.3) is 10.2 Å². The molecule has 1 aliphatic heterocycles. The van der Waals surface area contributed by atoms with Crippen molar-refractivity contribution in [2.24, 2.45) is 5.92 Å². The first-order valence-electron chi connectivity index (χ1n) is 6.55. The molecule has 6 heteroatoms. The fraction of sp³-hybridized carbons (Fsp3) is 0.500. The van der Waals surface area contributed by atoms with Gasteiger partial charge in [0.2, 0.25) is 0 Å². The Morgan fingerprint density at radius 2 is 2.05 bits per heavy atom. The summed E-state index contributed by atoms with van der Waals surface area (Å²) >= 11 is 1.80. The molecule has 1 saturated heterocycles. The Bertz CT molecular complexity index is 513. The van der Waals surface area contributed by atoms with Crippen molar-refractivity contribution in [1.29, 1.82) is 0 Å². The molecule has 112 valence electrons. The minimum absolute atomic E-state index is 0. The highest BCUT2D eigenvalue weighted by Gasteiger charge is 2.26. The molecule has 2 heterocycles. The Morgan fingerprint density at radius 3 is 2.75 bits per heavy atom. The molecule has 1 aliphatic rings. The van der Waals surface area contributed by atoms with Gasteiger partial charge in [-0.15, -0.1) is 34.0 Å². The van der Waals surface area contributed by atoms with Crippen molar-refractivity contribution >= 4 is 60.6 Å². The summed E-state index contributed by atoms with van der Waals surface area (Å²) < 4.78 is 1.28. The van der Waals surface area contributed by atoms with Crippen LogP contribution in [-0.4, -0.2) is 31.2 Å². The van der Waals surface area contributed by atoms with Crippen LogP contribution in [0.2, 0.25) is 0 Å². The topological polar surface area (TPSA) is 28.2 Å². The van der Waals surface area contributed by atoms with E-state index < -0.39 is 0 Å². The van der Waals surface area contributed by atoms with E-state index in [1.165, 1.54) is 11.1 Å². The molecule has 3 rings (SSSR count). The first-order chi connectivity index (χ1) is 8.75. The van der Waals surface area contributed by atoms with Crippen LogP contribution in [0.15, 0.2) is 24.3 Å². The average molecular weight is 423 g/mol. The van der Waals surface area contributed by atoms with Crippen molar-refractivity contribution in [3.63, 3.8) is 0 Å². The zero-order valence-electron chi connectivity index (χ0n) is 11.7. The molecule has 0 aliphatic carbocycles. The first kappa shape index (κ1) is 17.9. The van der Waals surface area contributed by atoms with Gasteiger partial charge in [0.05, 0.1) is 10.2 Å². The van der Waals surface area contributed by atoms with Crippen LogP contribution >= 0.6 is 45.3 Å². The van der Waals surface area contributed by atoms with Gasteiger partial charge in [0.15, 0.2) is 5.13 Å². The van der Waals surface area contributed by atoms with E-state index in [9.17, 15) is 0 Å². The van der Waals surface area contributed by atoms with Crippen molar-refractivity contribution < 1.29 is 0 Å². The number of thiazole rings is 1. The first-order valence-corrected chi connectivity index (χ1v) is 7.36. The largest absolute Gasteiger partial charge is 0.348 e. The quantitative estimate of drug-likeness (QED) is 0.795. The molecule has 2 aromatic rings. The van der Waals surface area contributed by atoms with Crippen molar-refractivity contribution in [2.75, 3.05) is 25.0 Å². The number of aromatic nitrogens is 1. The van der Waals surface area contributed by atoms with Gasteiger partial charge in [-0.2, -0.15) is 0 Å². The fourth-order valence-corrected chi connectivity index (χ4v) is 3.71. The van der Waals surface area contributed by atoms with E-state index in [1.54, 1.807) is 11.3 Å². The van der Waals surface area contributed by atoms with Gasteiger partial charge < -0.3 is 10.2 Å². The van der Waals surface area contributed by atoms with Crippen LogP contribution in [-0.2, 0) is 0 Å². The molecule has 20 heavy (non-hydrogen) atoms. The van der Waals surface area contributed by atoms with E-state index in [2.05, 4.69) is 48.5 Å². The van der Waals surface area contributed by atoms with Crippen molar-refractivity contribution in [3.05, 3.63) is 24.3 Å². The van der Waals surface area contributed by atoms with Gasteiger partial charge in [-0.1, -0.05) is 30.4 Å². The number of halogens is 2. The van der Waals surface area contributed by atoms with Gasteiger partial charge in [0.25, 0.3) is 0 Å². The molecule has 2 unspecified atom stereocenters. The third-order valence-corrected chi connectivity index (χ3v) is 4.95. The molecular formula is C14H21Br2N3S. The molecular weight excluding hydrogens is 402 g/mol. The number of hydrogen-bond acceptors (Lipinski definition) is 4. The highest BCUT2D eigenvalue weighted by Crippen LogP contribution is 2.31. The van der Waals surface area contributed by atoms with Crippen LogP contribution in [0.4, 0.5) is 5.13 Å². The monoisotopic (exact) mass is 421 g/mol. The lowest BCUT2D eigenvalue weighted by Gasteiger charge is -2.36. The zero-order valence-corrected chi connectivity index (χ0v) is 15.9. The van der Waals surface area contributed by atoms with Gasteiger partial charge in [-0.05, 0) is 37.6 Å². The fourth-order valence-electron chi connectivity index (χ4n) is 2.73. The molecule has 1 aromatic carbocycles. The minimum Gasteiger partial charge on any atom is -0.348 e. The number of piperidine rings is 1. The summed E-state index contributed by atoms with van der Waals surface area (Å²) in [6, 6.07) is 8.98. The Hall–Kier alpha value is -0.170. The smallest absolute Gasteiger partial charge is 0.186 e. The summed E-state index contributed by atoms with van der Waals surface area (Å²) in [4.78, 5) is 7.12. The Kier molecular flexibility index (Phi) is 6.91. The number of hydrogen-bond donors (Lipinski definition) is 1. The summed E-state index contributed by atoms with van der Waals surface area (Å²) in [6.07, 6.45) is 1.20. The van der Waals surface area contributed by atoms with Crippen LogP contribution in [0.1, 0.15) is 13.3 Å². The van der Waals surface area contributed by atoms with Crippen molar-refractivity contribution in [2.45, 2.75) is 19.4 Å². The normalized spacial score (nSPS) is 21.9. The van der Waals surface area contributed by atoms with Gasteiger partial charge in [-0.3, -0.25) is 0 Å². The molecule has 1 aromatic heterocycles. The molecule has 0 bridgehead atoms. The van der Waals surface area contributed by atoms with E-state index in [0.29, 0.717) is 12.0 Å². The predicted octanol–water partition coefficient (Wildman–Crippen LogP) is 3.89. The predicted molar refractivity (Wildman–Crippen MR) is 99.1 cm³/mol. The Balaban J connectivity index is 0.000001000. The van der Waals surface area contributed by atoms with Crippen LogP contribution in [0.3, 0.4) is 0 Å². The number of rotatable bonds is 2. The molecule has 3 nitrogen and oxygen atoms in total. The lowest BCUT2D eigenvalue weighted by atomic mass is 9.94. The van der Waals surface area contributed by atoms with E-state index in [-0.39, 0.29) is 34.0 Å². The summed E-state index contributed by atoms with van der Waals surface area (Å²) in [5.74, 6) is 0.677. The third-order valence-electron chi connectivity index (χ3n) is 3.82. The lowest BCUT2D eigenvalue weighted by molar-refractivity contribution is 0.339. The minimum atomic E-state index is 0. The number of nitrogens with one attached hydrogen (secondary N) is 1. The van der Waals surface area contributed by atoms with Crippen molar-refractivity contribution in [3.8, 4) is 0 Å². The maximum atomic E-state index is 4.75. The average Bonchev–Trinajstić information content (AvgIpc) is 2.82. The maximum absolute atomic E-state index is 4.75. The molecule has 0 amide bonds. The Morgan fingerprint density at radius 1 is 1.30 bits per heavy atom. The standard InChI is InChI=1S/C14H19N3S.2BrH/c1-10-9-15-8-7-12(10)17(2)14-16-11-5-3-4-6-13(11)18-14;;/h3-6,10,12,15H,7-9H2,1-2H3;2*1H. The van der Waals surface area contributed by atoms with E-state index >= 15 is 0 Å². The van der Waals surface area contributed by atoms with E-state index in [4.69, 9.17) is 4.98 Å². The van der Waals surface area contributed by atoms with Gasteiger partial charge in [0, 0.05) is 13.1 Å². The van der Waals surface area contributed by atoms with Crippen LogP contribution in [0.5, 0.6) is 0 Å². The van der Waals surface area contributed by atoms with Gasteiger partial charge >= 0.3 is 0 Å². The van der Waals surface area contributed by atoms with E-state index in [0.717, 1.165) is 23.7 Å². The number of nitrogens with zero attached hydrogens (tertiary/aromatic N) is 2. The van der Waals surface area contributed by atoms with Crippen LogP contribution < -0.4 is 10.2 Å². The van der Waals surface area contributed by atoms with Gasteiger partial charge in [-0.25, -0.2) is 4.98 Å². The number of fused-ring (bicyclic) bond motifs is 1. The Labute approximate surface area is 145 Å². The molecule has 0 radical (unpaired) electrons. The summed E-state index contributed by atoms with van der Waals surface area (Å²) in [5, 5.41) is 4.60. The van der Waals surface area contributed by atoms with Gasteiger partial charge in [0.1, 0.15) is 0 Å². The number of para-hydroxylation sites is 1. The SMILES string of the molecule is Br.Br.CC1CNCCC1N(C)c1nc2ccccc2s1. The highest BCUT2D eigenvalue weighted by atomic mass is 79.9. The molecule has 1 N–H and O–H groups in total. The maximum Gasteiger partial charge on any atom is 0.186 e.